The molecule has 0 N–H and O–H groups in total. The fraction of sp³-hybridized carbons (Fsp3) is 0.889. The van der Waals surface area contributed by atoms with Crippen LogP contribution in [0.5, 0.6) is 0 Å². The zero-order valence-electron chi connectivity index (χ0n) is 7.38. The van der Waals surface area contributed by atoms with Gasteiger partial charge in [-0.05, 0) is 24.7 Å². The van der Waals surface area contributed by atoms with Gasteiger partial charge in [0, 0.05) is 13.1 Å². The standard InChI is InChI=1S/C9H16N2/c1-8(2)9-4-3-5-11(6-9)7-10/h8-9H,3-6H2,1-2H3/t9-/m0/s1. The van der Waals surface area contributed by atoms with Crippen LogP contribution >= 0.6 is 0 Å². The minimum Gasteiger partial charge on any atom is -0.310 e. The summed E-state index contributed by atoms with van der Waals surface area (Å²) in [5, 5.41) is 8.67. The van der Waals surface area contributed by atoms with Crippen LogP contribution in [0.3, 0.4) is 0 Å². The zero-order valence-corrected chi connectivity index (χ0v) is 7.38. The van der Waals surface area contributed by atoms with Crippen LogP contribution < -0.4 is 0 Å². The highest BCUT2D eigenvalue weighted by molar-refractivity contribution is 4.82. The minimum absolute atomic E-state index is 0.728. The Bertz CT molecular complexity index is 157. The normalized spacial score (nSPS) is 25.3. The van der Waals surface area contributed by atoms with Crippen molar-refractivity contribution in [2.45, 2.75) is 26.7 Å². The van der Waals surface area contributed by atoms with Crippen molar-refractivity contribution in [3.05, 3.63) is 0 Å². The molecule has 1 aliphatic heterocycles. The van der Waals surface area contributed by atoms with Crippen LogP contribution in [-0.4, -0.2) is 18.0 Å². The van der Waals surface area contributed by atoms with Crippen LogP contribution in [0.4, 0.5) is 0 Å². The van der Waals surface area contributed by atoms with E-state index >= 15 is 0 Å². The second-order valence-electron chi connectivity index (χ2n) is 3.69. The number of hydrogen-bond donors (Lipinski definition) is 0. The van der Waals surface area contributed by atoms with Gasteiger partial charge in [-0.25, -0.2) is 0 Å². The van der Waals surface area contributed by atoms with Crippen molar-refractivity contribution >= 4 is 0 Å². The van der Waals surface area contributed by atoms with E-state index in [9.17, 15) is 0 Å². The Hall–Kier alpha value is -0.710. The second-order valence-corrected chi connectivity index (χ2v) is 3.69. The molecule has 1 rings (SSSR count). The molecule has 0 aromatic rings. The predicted molar refractivity (Wildman–Crippen MR) is 44.7 cm³/mol. The molecule has 0 aliphatic carbocycles. The van der Waals surface area contributed by atoms with Crippen molar-refractivity contribution in [1.29, 1.82) is 5.26 Å². The third-order valence-electron chi connectivity index (χ3n) is 2.54. The Labute approximate surface area is 68.8 Å². The Morgan fingerprint density at radius 3 is 2.82 bits per heavy atom. The van der Waals surface area contributed by atoms with E-state index < -0.39 is 0 Å². The van der Waals surface area contributed by atoms with Gasteiger partial charge < -0.3 is 4.90 Å². The lowest BCUT2D eigenvalue weighted by atomic mass is 9.88. The highest BCUT2D eigenvalue weighted by atomic mass is 15.1. The van der Waals surface area contributed by atoms with Crippen molar-refractivity contribution in [2.75, 3.05) is 13.1 Å². The summed E-state index contributed by atoms with van der Waals surface area (Å²) in [6.07, 6.45) is 4.71. The van der Waals surface area contributed by atoms with Crippen molar-refractivity contribution in [3.8, 4) is 6.19 Å². The van der Waals surface area contributed by atoms with Gasteiger partial charge in [-0.1, -0.05) is 13.8 Å². The maximum Gasteiger partial charge on any atom is 0.179 e. The Kier molecular flexibility index (Phi) is 2.76. The molecule has 0 amide bonds. The molecular formula is C9H16N2. The molecule has 0 saturated carbocycles. The van der Waals surface area contributed by atoms with Crippen molar-refractivity contribution < 1.29 is 0 Å². The fourth-order valence-corrected chi connectivity index (χ4v) is 1.64. The van der Waals surface area contributed by atoms with Crippen LogP contribution in [0.25, 0.3) is 0 Å². The molecule has 62 valence electrons. The third-order valence-corrected chi connectivity index (χ3v) is 2.54. The quantitative estimate of drug-likeness (QED) is 0.536. The highest BCUT2D eigenvalue weighted by Crippen LogP contribution is 2.22. The first kappa shape index (κ1) is 8.39. The summed E-state index contributed by atoms with van der Waals surface area (Å²) in [6.45, 7) is 6.44. The van der Waals surface area contributed by atoms with Gasteiger partial charge in [-0.3, -0.25) is 0 Å². The Morgan fingerprint density at radius 2 is 2.27 bits per heavy atom. The van der Waals surface area contributed by atoms with Crippen LogP contribution in [-0.2, 0) is 0 Å². The summed E-state index contributed by atoms with van der Waals surface area (Å²) in [7, 11) is 0. The minimum atomic E-state index is 0.728. The highest BCUT2D eigenvalue weighted by Gasteiger charge is 2.20. The first-order chi connectivity index (χ1) is 5.24. The lowest BCUT2D eigenvalue weighted by Crippen LogP contribution is -2.33. The molecule has 0 bridgehead atoms. The molecule has 1 atom stereocenters. The van der Waals surface area contributed by atoms with Crippen LogP contribution in [0, 0.1) is 23.3 Å². The molecule has 1 aliphatic rings. The van der Waals surface area contributed by atoms with Crippen molar-refractivity contribution in [2.24, 2.45) is 11.8 Å². The third kappa shape index (κ3) is 2.11. The average Bonchev–Trinajstić information content (AvgIpc) is 2.05. The van der Waals surface area contributed by atoms with Gasteiger partial charge in [0.1, 0.15) is 0 Å². The smallest absolute Gasteiger partial charge is 0.179 e. The van der Waals surface area contributed by atoms with E-state index in [2.05, 4.69) is 20.0 Å². The summed E-state index contributed by atoms with van der Waals surface area (Å²) in [5.41, 5.74) is 0. The topological polar surface area (TPSA) is 27.0 Å². The predicted octanol–water partition coefficient (Wildman–Crippen LogP) is 1.84. The second kappa shape index (κ2) is 3.61. The fourth-order valence-electron chi connectivity index (χ4n) is 1.64. The molecular weight excluding hydrogens is 136 g/mol. The number of hydrogen-bond acceptors (Lipinski definition) is 2. The van der Waals surface area contributed by atoms with Gasteiger partial charge in [0.05, 0.1) is 0 Å². The van der Waals surface area contributed by atoms with Gasteiger partial charge >= 0.3 is 0 Å². The number of rotatable bonds is 1. The SMILES string of the molecule is CC(C)[C@H]1CCCN(C#N)C1. The largest absolute Gasteiger partial charge is 0.310 e. The summed E-state index contributed by atoms with van der Waals surface area (Å²) in [4.78, 5) is 1.88. The molecule has 0 spiro atoms. The Balaban J connectivity index is 2.41. The molecule has 1 fully saturated rings. The van der Waals surface area contributed by atoms with Gasteiger partial charge in [0.2, 0.25) is 0 Å². The lowest BCUT2D eigenvalue weighted by Gasteiger charge is -2.31. The lowest BCUT2D eigenvalue weighted by molar-refractivity contribution is 0.200. The van der Waals surface area contributed by atoms with E-state index in [4.69, 9.17) is 5.26 Å². The number of likely N-dealkylation sites (tertiary alicyclic amines) is 1. The van der Waals surface area contributed by atoms with Crippen molar-refractivity contribution in [3.63, 3.8) is 0 Å². The molecule has 0 aromatic carbocycles. The molecule has 11 heavy (non-hydrogen) atoms. The number of nitrogens with zero attached hydrogens (tertiary/aromatic N) is 2. The maximum atomic E-state index is 8.67. The van der Waals surface area contributed by atoms with E-state index in [-0.39, 0.29) is 0 Å². The molecule has 1 heterocycles. The van der Waals surface area contributed by atoms with E-state index in [1.807, 2.05) is 4.90 Å². The summed E-state index contributed by atoms with van der Waals surface area (Å²) in [6, 6.07) is 0. The summed E-state index contributed by atoms with van der Waals surface area (Å²) < 4.78 is 0. The van der Waals surface area contributed by atoms with Crippen molar-refractivity contribution in [1.82, 2.24) is 4.90 Å². The van der Waals surface area contributed by atoms with E-state index in [1.54, 1.807) is 0 Å². The number of piperidine rings is 1. The first-order valence-electron chi connectivity index (χ1n) is 4.38. The van der Waals surface area contributed by atoms with E-state index in [0.717, 1.165) is 24.9 Å². The average molecular weight is 152 g/mol. The Morgan fingerprint density at radius 1 is 1.55 bits per heavy atom. The van der Waals surface area contributed by atoms with Gasteiger partial charge in [-0.15, -0.1) is 0 Å². The van der Waals surface area contributed by atoms with Crippen LogP contribution in [0.15, 0.2) is 0 Å². The molecule has 0 radical (unpaired) electrons. The monoisotopic (exact) mass is 152 g/mol. The molecule has 0 aromatic heterocycles. The van der Waals surface area contributed by atoms with E-state index in [0.29, 0.717) is 0 Å². The molecule has 1 saturated heterocycles. The van der Waals surface area contributed by atoms with Gasteiger partial charge in [0.25, 0.3) is 0 Å². The molecule has 2 nitrogen and oxygen atoms in total. The van der Waals surface area contributed by atoms with E-state index in [1.165, 1.54) is 12.8 Å². The molecule has 2 heteroatoms. The summed E-state index contributed by atoms with van der Waals surface area (Å²) >= 11 is 0. The zero-order chi connectivity index (χ0) is 8.27. The van der Waals surface area contributed by atoms with Crippen LogP contribution in [0.1, 0.15) is 26.7 Å². The maximum absolute atomic E-state index is 8.67. The summed E-state index contributed by atoms with van der Waals surface area (Å²) in [5.74, 6) is 1.47. The molecule has 0 unspecified atom stereocenters. The first-order valence-corrected chi connectivity index (χ1v) is 4.38. The van der Waals surface area contributed by atoms with Crippen LogP contribution in [0.2, 0.25) is 0 Å². The van der Waals surface area contributed by atoms with Gasteiger partial charge in [0.15, 0.2) is 6.19 Å². The number of nitriles is 1. The van der Waals surface area contributed by atoms with Gasteiger partial charge in [-0.2, -0.15) is 5.26 Å².